The van der Waals surface area contributed by atoms with Gasteiger partial charge in [0.05, 0.1) is 7.11 Å². The molecule has 0 heterocycles. The highest BCUT2D eigenvalue weighted by atomic mass is 16.5. The van der Waals surface area contributed by atoms with Crippen LogP contribution in [0.3, 0.4) is 0 Å². The van der Waals surface area contributed by atoms with Gasteiger partial charge in [0.25, 0.3) is 0 Å². The number of ether oxygens (including phenoxy) is 1. The average Bonchev–Trinajstić information content (AvgIpc) is 2.04. The standard InChI is InChI=1S/C8H9NO/c1-9-7-5-3-4-6-8(7)10-2/h3-6H,1H2,2H3. The van der Waals surface area contributed by atoms with Crippen LogP contribution in [0.1, 0.15) is 0 Å². The summed E-state index contributed by atoms with van der Waals surface area (Å²) in [6, 6.07) is 7.50. The Morgan fingerprint density at radius 1 is 1.40 bits per heavy atom. The second kappa shape index (κ2) is 3.01. The molecule has 0 bridgehead atoms. The van der Waals surface area contributed by atoms with Crippen molar-refractivity contribution >= 4 is 12.4 Å². The fourth-order valence-corrected chi connectivity index (χ4v) is 0.760. The lowest BCUT2D eigenvalue weighted by atomic mass is 10.3. The number of benzene rings is 1. The fraction of sp³-hybridized carbons (Fsp3) is 0.125. The van der Waals surface area contributed by atoms with Crippen LogP contribution >= 0.6 is 0 Å². The molecule has 0 amide bonds. The van der Waals surface area contributed by atoms with Gasteiger partial charge in [0, 0.05) is 0 Å². The molecular formula is C8H9NO. The van der Waals surface area contributed by atoms with E-state index < -0.39 is 0 Å². The lowest BCUT2D eigenvalue weighted by Gasteiger charge is -2.00. The van der Waals surface area contributed by atoms with Crippen molar-refractivity contribution in [2.24, 2.45) is 4.99 Å². The van der Waals surface area contributed by atoms with Crippen LogP contribution in [0.4, 0.5) is 5.69 Å². The van der Waals surface area contributed by atoms with Crippen molar-refractivity contribution in [3.05, 3.63) is 24.3 Å². The van der Waals surface area contributed by atoms with Crippen LogP contribution in [0.2, 0.25) is 0 Å². The molecule has 0 aromatic heterocycles. The Morgan fingerprint density at radius 2 is 2.10 bits per heavy atom. The maximum atomic E-state index is 5.00. The highest BCUT2D eigenvalue weighted by Crippen LogP contribution is 2.24. The van der Waals surface area contributed by atoms with Crippen molar-refractivity contribution in [2.45, 2.75) is 0 Å². The summed E-state index contributed by atoms with van der Waals surface area (Å²) in [5.41, 5.74) is 0.782. The van der Waals surface area contributed by atoms with E-state index in [-0.39, 0.29) is 0 Å². The summed E-state index contributed by atoms with van der Waals surface area (Å²) in [6.07, 6.45) is 0. The minimum Gasteiger partial charge on any atom is -0.494 e. The van der Waals surface area contributed by atoms with Crippen LogP contribution in [-0.2, 0) is 0 Å². The molecule has 1 aromatic carbocycles. The molecule has 2 nitrogen and oxygen atoms in total. The zero-order valence-electron chi connectivity index (χ0n) is 5.87. The predicted octanol–water partition coefficient (Wildman–Crippen LogP) is 2.03. The van der Waals surface area contributed by atoms with Gasteiger partial charge in [-0.2, -0.15) is 0 Å². The molecule has 2 heteroatoms. The summed E-state index contributed by atoms with van der Waals surface area (Å²) < 4.78 is 5.00. The second-order valence-corrected chi connectivity index (χ2v) is 1.83. The lowest BCUT2D eigenvalue weighted by molar-refractivity contribution is 0.416. The molecule has 0 N–H and O–H groups in total. The van der Waals surface area contributed by atoms with Gasteiger partial charge in [-0.15, -0.1) is 0 Å². The van der Waals surface area contributed by atoms with Gasteiger partial charge in [0.1, 0.15) is 11.4 Å². The zero-order valence-corrected chi connectivity index (χ0v) is 5.87. The summed E-state index contributed by atoms with van der Waals surface area (Å²) in [7, 11) is 1.62. The van der Waals surface area contributed by atoms with Crippen LogP contribution in [0.5, 0.6) is 5.75 Å². The van der Waals surface area contributed by atoms with Gasteiger partial charge in [-0.3, -0.25) is 4.99 Å². The molecule has 10 heavy (non-hydrogen) atoms. The number of rotatable bonds is 2. The van der Waals surface area contributed by atoms with Gasteiger partial charge in [-0.05, 0) is 18.9 Å². The molecule has 0 atom stereocenters. The molecule has 0 aliphatic rings. The molecule has 0 spiro atoms. The number of nitrogens with zero attached hydrogens (tertiary/aromatic N) is 1. The summed E-state index contributed by atoms with van der Waals surface area (Å²) in [5, 5.41) is 0. The fourth-order valence-electron chi connectivity index (χ4n) is 0.760. The van der Waals surface area contributed by atoms with Gasteiger partial charge in [0.2, 0.25) is 0 Å². The van der Waals surface area contributed by atoms with Crippen molar-refractivity contribution in [3.63, 3.8) is 0 Å². The smallest absolute Gasteiger partial charge is 0.144 e. The third-order valence-electron chi connectivity index (χ3n) is 1.26. The second-order valence-electron chi connectivity index (χ2n) is 1.83. The van der Waals surface area contributed by atoms with Crippen molar-refractivity contribution in [2.75, 3.05) is 7.11 Å². The van der Waals surface area contributed by atoms with Gasteiger partial charge in [-0.25, -0.2) is 0 Å². The molecule has 1 rings (SSSR count). The molecule has 0 aliphatic heterocycles. The topological polar surface area (TPSA) is 21.6 Å². The summed E-state index contributed by atoms with van der Waals surface area (Å²) >= 11 is 0. The number of para-hydroxylation sites is 2. The van der Waals surface area contributed by atoms with Crippen LogP contribution in [0.15, 0.2) is 29.3 Å². The first-order valence-corrected chi connectivity index (χ1v) is 2.98. The normalized spacial score (nSPS) is 8.90. The van der Waals surface area contributed by atoms with Gasteiger partial charge < -0.3 is 4.74 Å². The average molecular weight is 135 g/mol. The number of methoxy groups -OCH3 is 1. The van der Waals surface area contributed by atoms with Crippen molar-refractivity contribution in [1.29, 1.82) is 0 Å². The molecule has 0 saturated carbocycles. The molecular weight excluding hydrogens is 126 g/mol. The van der Waals surface area contributed by atoms with Gasteiger partial charge in [0.15, 0.2) is 0 Å². The van der Waals surface area contributed by atoms with Gasteiger partial charge in [-0.1, -0.05) is 12.1 Å². The van der Waals surface area contributed by atoms with E-state index in [4.69, 9.17) is 4.74 Å². The van der Waals surface area contributed by atoms with E-state index in [2.05, 4.69) is 11.7 Å². The quantitative estimate of drug-likeness (QED) is 0.568. The van der Waals surface area contributed by atoms with Crippen molar-refractivity contribution in [1.82, 2.24) is 0 Å². The summed E-state index contributed by atoms with van der Waals surface area (Å²) in [4.78, 5) is 3.77. The molecule has 0 saturated heterocycles. The molecule has 0 fully saturated rings. The van der Waals surface area contributed by atoms with E-state index >= 15 is 0 Å². The molecule has 0 radical (unpaired) electrons. The van der Waals surface area contributed by atoms with E-state index in [1.165, 1.54) is 0 Å². The van der Waals surface area contributed by atoms with E-state index in [1.54, 1.807) is 7.11 Å². The highest BCUT2D eigenvalue weighted by molar-refractivity contribution is 5.55. The third-order valence-corrected chi connectivity index (χ3v) is 1.26. The molecule has 0 unspecified atom stereocenters. The minimum absolute atomic E-state index is 0.762. The van der Waals surface area contributed by atoms with E-state index in [0.717, 1.165) is 11.4 Å². The van der Waals surface area contributed by atoms with Crippen LogP contribution in [0.25, 0.3) is 0 Å². The number of aliphatic imine (C=N–C) groups is 1. The SMILES string of the molecule is C=Nc1ccccc1OC. The lowest BCUT2D eigenvalue weighted by Crippen LogP contribution is -1.81. The molecule has 52 valence electrons. The predicted molar refractivity (Wildman–Crippen MR) is 42.2 cm³/mol. The maximum absolute atomic E-state index is 5.00. The maximum Gasteiger partial charge on any atom is 0.144 e. The molecule has 0 aliphatic carbocycles. The van der Waals surface area contributed by atoms with Crippen molar-refractivity contribution in [3.8, 4) is 5.75 Å². The summed E-state index contributed by atoms with van der Waals surface area (Å²) in [5.74, 6) is 0.762. The zero-order chi connectivity index (χ0) is 7.40. The largest absolute Gasteiger partial charge is 0.494 e. The van der Waals surface area contributed by atoms with Crippen LogP contribution in [0, 0.1) is 0 Å². The first-order chi connectivity index (χ1) is 4.88. The van der Waals surface area contributed by atoms with Crippen molar-refractivity contribution < 1.29 is 4.74 Å². The Kier molecular flexibility index (Phi) is 2.05. The molecule has 1 aromatic rings. The van der Waals surface area contributed by atoms with Gasteiger partial charge >= 0.3 is 0 Å². The van der Waals surface area contributed by atoms with E-state index in [0.29, 0.717) is 0 Å². The first-order valence-electron chi connectivity index (χ1n) is 2.98. The Hall–Kier alpha value is -1.31. The summed E-state index contributed by atoms with van der Waals surface area (Å²) in [6.45, 7) is 3.41. The van der Waals surface area contributed by atoms with E-state index in [1.807, 2.05) is 24.3 Å². The Bertz CT molecular complexity index is 232. The van der Waals surface area contributed by atoms with Crippen LogP contribution < -0.4 is 4.74 Å². The monoisotopic (exact) mass is 135 g/mol. The Morgan fingerprint density at radius 3 is 2.60 bits per heavy atom. The number of hydrogen-bond donors (Lipinski definition) is 0. The number of hydrogen-bond acceptors (Lipinski definition) is 2. The highest BCUT2D eigenvalue weighted by Gasteiger charge is 1.94. The minimum atomic E-state index is 0.762. The van der Waals surface area contributed by atoms with E-state index in [9.17, 15) is 0 Å². The first kappa shape index (κ1) is 6.81. The Balaban J connectivity index is 3.08. The van der Waals surface area contributed by atoms with Crippen LogP contribution in [-0.4, -0.2) is 13.8 Å². The third kappa shape index (κ3) is 1.16. The Labute approximate surface area is 60.2 Å².